The first-order chi connectivity index (χ1) is 9.13. The number of aromatic carboxylic acids is 1. The lowest BCUT2D eigenvalue weighted by atomic mass is 10.1. The number of carbonyl (C=O) groups excluding carboxylic acids is 1. The second-order valence-electron chi connectivity index (χ2n) is 4.82. The Labute approximate surface area is 112 Å². The summed E-state index contributed by atoms with van der Waals surface area (Å²) in [5.74, 6) is -1.19. The molecule has 5 heteroatoms. The Morgan fingerprint density at radius 1 is 1.53 bits per heavy atom. The van der Waals surface area contributed by atoms with Crippen LogP contribution < -0.4 is 0 Å². The van der Waals surface area contributed by atoms with Gasteiger partial charge in [0.05, 0.1) is 0 Å². The summed E-state index contributed by atoms with van der Waals surface area (Å²) in [5, 5.41) is 8.91. The van der Waals surface area contributed by atoms with E-state index in [-0.39, 0.29) is 11.6 Å². The molecule has 0 aromatic carbocycles. The van der Waals surface area contributed by atoms with Crippen molar-refractivity contribution in [2.45, 2.75) is 38.6 Å². The van der Waals surface area contributed by atoms with Gasteiger partial charge in [-0.25, -0.2) is 9.78 Å². The van der Waals surface area contributed by atoms with Crippen molar-refractivity contribution >= 4 is 11.9 Å². The predicted molar refractivity (Wildman–Crippen MR) is 70.2 cm³/mol. The molecular formula is C14H18N2O3. The Balaban J connectivity index is 2.19. The molecule has 0 radical (unpaired) electrons. The van der Waals surface area contributed by atoms with E-state index in [0.29, 0.717) is 11.6 Å². The Bertz CT molecular complexity index is 487. The molecule has 0 saturated carbocycles. The van der Waals surface area contributed by atoms with Crippen LogP contribution in [0.25, 0.3) is 0 Å². The Morgan fingerprint density at radius 3 is 3.00 bits per heavy atom. The lowest BCUT2D eigenvalue weighted by Gasteiger charge is -2.24. The fraction of sp³-hybridized carbons (Fsp3) is 0.500. The second kappa shape index (κ2) is 5.82. The monoisotopic (exact) mass is 262 g/mol. The number of pyridine rings is 1. The van der Waals surface area contributed by atoms with Crippen molar-refractivity contribution < 1.29 is 14.7 Å². The highest BCUT2D eigenvalue weighted by Gasteiger charge is 2.28. The number of carboxylic acid groups (broad SMARTS) is 1. The standard InChI is InChI=1S/C14H18N2O3/c1-2-4-11-5-3-8-16(11)13(17)10-6-7-15-12(9-10)14(18)19/h6-7,9,11H,2-5,8H2,1H3,(H,18,19). The summed E-state index contributed by atoms with van der Waals surface area (Å²) < 4.78 is 0. The maximum absolute atomic E-state index is 12.4. The first kappa shape index (κ1) is 13.5. The number of aromatic nitrogens is 1. The summed E-state index contributed by atoms with van der Waals surface area (Å²) in [5.41, 5.74) is 0.326. The van der Waals surface area contributed by atoms with Crippen molar-refractivity contribution in [2.75, 3.05) is 6.54 Å². The molecule has 1 saturated heterocycles. The molecule has 1 N–H and O–H groups in total. The zero-order chi connectivity index (χ0) is 13.8. The molecule has 1 aliphatic heterocycles. The zero-order valence-corrected chi connectivity index (χ0v) is 11.0. The maximum atomic E-state index is 12.4. The van der Waals surface area contributed by atoms with Crippen LogP contribution in [-0.4, -0.2) is 39.5 Å². The topological polar surface area (TPSA) is 70.5 Å². The Kier molecular flexibility index (Phi) is 4.14. The van der Waals surface area contributed by atoms with Gasteiger partial charge in [0, 0.05) is 24.3 Å². The summed E-state index contributed by atoms with van der Waals surface area (Å²) >= 11 is 0. The smallest absolute Gasteiger partial charge is 0.354 e. The van der Waals surface area contributed by atoms with E-state index in [9.17, 15) is 9.59 Å². The highest BCUT2D eigenvalue weighted by molar-refractivity contribution is 5.96. The molecule has 102 valence electrons. The first-order valence-electron chi connectivity index (χ1n) is 6.63. The van der Waals surface area contributed by atoms with Crippen molar-refractivity contribution in [1.82, 2.24) is 9.88 Å². The van der Waals surface area contributed by atoms with Crippen LogP contribution >= 0.6 is 0 Å². The number of rotatable bonds is 4. The number of carboxylic acids is 1. The number of amides is 1. The van der Waals surface area contributed by atoms with Gasteiger partial charge in [-0.15, -0.1) is 0 Å². The fourth-order valence-electron chi connectivity index (χ4n) is 2.58. The minimum atomic E-state index is -1.11. The van der Waals surface area contributed by atoms with Crippen molar-refractivity contribution in [3.05, 3.63) is 29.6 Å². The van der Waals surface area contributed by atoms with E-state index in [0.717, 1.165) is 32.2 Å². The summed E-state index contributed by atoms with van der Waals surface area (Å²) in [7, 11) is 0. The third-order valence-corrected chi connectivity index (χ3v) is 3.49. The Morgan fingerprint density at radius 2 is 2.32 bits per heavy atom. The normalized spacial score (nSPS) is 18.6. The number of nitrogens with zero attached hydrogens (tertiary/aromatic N) is 2. The molecule has 19 heavy (non-hydrogen) atoms. The largest absolute Gasteiger partial charge is 0.477 e. The summed E-state index contributed by atoms with van der Waals surface area (Å²) in [6.45, 7) is 2.87. The van der Waals surface area contributed by atoms with E-state index >= 15 is 0 Å². The van der Waals surface area contributed by atoms with Gasteiger partial charge in [-0.3, -0.25) is 4.79 Å². The Hall–Kier alpha value is -1.91. The average Bonchev–Trinajstić information content (AvgIpc) is 2.86. The van der Waals surface area contributed by atoms with E-state index in [1.54, 1.807) is 6.07 Å². The van der Waals surface area contributed by atoms with Gasteiger partial charge in [-0.1, -0.05) is 13.3 Å². The summed E-state index contributed by atoms with van der Waals surface area (Å²) in [6, 6.07) is 3.22. The molecule has 0 bridgehead atoms. The van der Waals surface area contributed by atoms with Crippen LogP contribution in [0.15, 0.2) is 18.3 Å². The van der Waals surface area contributed by atoms with Crippen molar-refractivity contribution in [1.29, 1.82) is 0 Å². The van der Waals surface area contributed by atoms with Crippen LogP contribution in [0.1, 0.15) is 53.5 Å². The minimum Gasteiger partial charge on any atom is -0.477 e. The van der Waals surface area contributed by atoms with Crippen LogP contribution in [0.4, 0.5) is 0 Å². The molecule has 1 fully saturated rings. The van der Waals surface area contributed by atoms with Gasteiger partial charge in [0.2, 0.25) is 0 Å². The highest BCUT2D eigenvalue weighted by atomic mass is 16.4. The minimum absolute atomic E-state index is 0.0825. The second-order valence-corrected chi connectivity index (χ2v) is 4.82. The first-order valence-corrected chi connectivity index (χ1v) is 6.63. The molecule has 0 aliphatic carbocycles. The van der Waals surface area contributed by atoms with Crippen LogP contribution in [0.3, 0.4) is 0 Å². The molecule has 1 aliphatic rings. The zero-order valence-electron chi connectivity index (χ0n) is 11.0. The SMILES string of the molecule is CCCC1CCCN1C(=O)c1ccnc(C(=O)O)c1. The summed E-state index contributed by atoms with van der Waals surface area (Å²) in [4.78, 5) is 28.9. The molecule has 2 rings (SSSR count). The third kappa shape index (κ3) is 2.92. The predicted octanol–water partition coefficient (Wildman–Crippen LogP) is 2.18. The molecule has 1 amide bonds. The molecule has 5 nitrogen and oxygen atoms in total. The average molecular weight is 262 g/mol. The van der Waals surface area contributed by atoms with E-state index in [1.807, 2.05) is 4.90 Å². The van der Waals surface area contributed by atoms with E-state index in [2.05, 4.69) is 11.9 Å². The molecule has 2 heterocycles. The lowest BCUT2D eigenvalue weighted by Crippen LogP contribution is -2.35. The van der Waals surface area contributed by atoms with Gasteiger partial charge in [-0.05, 0) is 31.4 Å². The van der Waals surface area contributed by atoms with Gasteiger partial charge in [0.25, 0.3) is 5.91 Å². The molecule has 1 atom stereocenters. The van der Waals surface area contributed by atoms with Gasteiger partial charge < -0.3 is 10.0 Å². The van der Waals surface area contributed by atoms with Crippen LogP contribution in [0.5, 0.6) is 0 Å². The van der Waals surface area contributed by atoms with Gasteiger partial charge in [-0.2, -0.15) is 0 Å². The van der Waals surface area contributed by atoms with Crippen molar-refractivity contribution in [3.63, 3.8) is 0 Å². The maximum Gasteiger partial charge on any atom is 0.354 e. The number of hydrogen-bond acceptors (Lipinski definition) is 3. The van der Waals surface area contributed by atoms with E-state index in [4.69, 9.17) is 5.11 Å². The highest BCUT2D eigenvalue weighted by Crippen LogP contribution is 2.23. The molecule has 1 aromatic heterocycles. The third-order valence-electron chi connectivity index (χ3n) is 3.49. The van der Waals surface area contributed by atoms with Crippen LogP contribution in [0.2, 0.25) is 0 Å². The fourth-order valence-corrected chi connectivity index (χ4v) is 2.58. The van der Waals surface area contributed by atoms with Gasteiger partial charge in [0.15, 0.2) is 0 Å². The van der Waals surface area contributed by atoms with E-state index < -0.39 is 5.97 Å². The molecular weight excluding hydrogens is 244 g/mol. The van der Waals surface area contributed by atoms with Crippen molar-refractivity contribution in [2.24, 2.45) is 0 Å². The molecule has 0 spiro atoms. The number of likely N-dealkylation sites (tertiary alicyclic amines) is 1. The molecule has 1 aromatic rings. The number of carbonyl (C=O) groups is 2. The van der Waals surface area contributed by atoms with Gasteiger partial charge in [0.1, 0.15) is 5.69 Å². The quantitative estimate of drug-likeness (QED) is 0.902. The lowest BCUT2D eigenvalue weighted by molar-refractivity contribution is 0.0690. The van der Waals surface area contributed by atoms with Crippen LogP contribution in [-0.2, 0) is 0 Å². The number of hydrogen-bond donors (Lipinski definition) is 1. The van der Waals surface area contributed by atoms with Crippen LogP contribution in [0, 0.1) is 0 Å². The summed E-state index contributed by atoms with van der Waals surface area (Å²) in [6.07, 6.45) is 5.49. The molecule has 1 unspecified atom stereocenters. The van der Waals surface area contributed by atoms with Gasteiger partial charge >= 0.3 is 5.97 Å². The van der Waals surface area contributed by atoms with E-state index in [1.165, 1.54) is 12.3 Å². The van der Waals surface area contributed by atoms with Crippen molar-refractivity contribution in [3.8, 4) is 0 Å².